The molecule has 156 valence electrons. The van der Waals surface area contributed by atoms with Crippen molar-refractivity contribution in [3.63, 3.8) is 0 Å². The number of aliphatic carboxylic acids is 2. The SMILES string of the molecule is C=C(C)C(=O)O.C=C(C)C(=O)O.Sc1cccc(Sc2cccc(S)c2S)c1S. The van der Waals surface area contributed by atoms with Crippen LogP contribution in [0.3, 0.4) is 0 Å². The summed E-state index contributed by atoms with van der Waals surface area (Å²) in [6.07, 6.45) is 0. The molecule has 0 fully saturated rings. The van der Waals surface area contributed by atoms with Crippen molar-refractivity contribution in [3.8, 4) is 0 Å². The number of rotatable bonds is 4. The number of benzene rings is 2. The number of carbonyl (C=O) groups is 2. The van der Waals surface area contributed by atoms with E-state index >= 15 is 0 Å². The molecule has 2 rings (SSSR count). The van der Waals surface area contributed by atoms with Gasteiger partial charge in [-0.15, -0.1) is 50.5 Å². The van der Waals surface area contributed by atoms with Crippen molar-refractivity contribution < 1.29 is 19.8 Å². The molecule has 0 aliphatic heterocycles. The summed E-state index contributed by atoms with van der Waals surface area (Å²) in [5, 5.41) is 15.8. The van der Waals surface area contributed by atoms with Gasteiger partial charge in [0.25, 0.3) is 0 Å². The molecule has 0 aliphatic rings. The van der Waals surface area contributed by atoms with Crippen molar-refractivity contribution in [1.29, 1.82) is 0 Å². The van der Waals surface area contributed by atoms with E-state index in [4.69, 9.17) is 10.2 Å². The topological polar surface area (TPSA) is 74.6 Å². The van der Waals surface area contributed by atoms with Crippen LogP contribution in [0.15, 0.2) is 90.1 Å². The molecule has 2 N–H and O–H groups in total. The quantitative estimate of drug-likeness (QED) is 0.226. The van der Waals surface area contributed by atoms with E-state index in [1.807, 2.05) is 36.4 Å². The lowest BCUT2D eigenvalue weighted by molar-refractivity contribution is -0.133. The number of carboxylic acids is 2. The zero-order chi connectivity index (χ0) is 22.7. The van der Waals surface area contributed by atoms with Gasteiger partial charge in [0.05, 0.1) is 0 Å². The second-order valence-electron chi connectivity index (χ2n) is 5.52. The van der Waals surface area contributed by atoms with E-state index in [0.29, 0.717) is 0 Å². The second-order valence-corrected chi connectivity index (χ2v) is 8.46. The van der Waals surface area contributed by atoms with E-state index in [0.717, 1.165) is 29.4 Å². The van der Waals surface area contributed by atoms with Crippen LogP contribution in [-0.4, -0.2) is 22.2 Å². The number of thiol groups is 4. The summed E-state index contributed by atoms with van der Waals surface area (Å²) in [6, 6.07) is 11.8. The van der Waals surface area contributed by atoms with E-state index in [2.05, 4.69) is 63.7 Å². The highest BCUT2D eigenvalue weighted by molar-refractivity contribution is 8.00. The van der Waals surface area contributed by atoms with Gasteiger partial charge in [0, 0.05) is 40.5 Å². The molecule has 0 bridgehead atoms. The Morgan fingerprint density at radius 2 is 1.03 bits per heavy atom. The lowest BCUT2D eigenvalue weighted by Gasteiger charge is -2.09. The van der Waals surface area contributed by atoms with Crippen molar-refractivity contribution >= 4 is 74.2 Å². The van der Waals surface area contributed by atoms with Gasteiger partial charge in [0.2, 0.25) is 0 Å². The Kier molecular flexibility index (Phi) is 13.1. The average molecular weight is 487 g/mol. The number of carboxylic acid groups (broad SMARTS) is 2. The molecule has 9 heteroatoms. The third-order valence-electron chi connectivity index (χ3n) is 2.91. The first-order valence-corrected chi connectivity index (χ1v) is 10.5. The van der Waals surface area contributed by atoms with E-state index in [9.17, 15) is 9.59 Å². The summed E-state index contributed by atoms with van der Waals surface area (Å²) in [7, 11) is 0. The molecule has 0 aromatic heterocycles. The van der Waals surface area contributed by atoms with Crippen molar-refractivity contribution in [3.05, 3.63) is 60.7 Å². The Balaban J connectivity index is 0.000000542. The second kappa shape index (κ2) is 13.8. The van der Waals surface area contributed by atoms with Crippen molar-refractivity contribution in [2.45, 2.75) is 43.2 Å². The fourth-order valence-corrected chi connectivity index (χ4v) is 3.38. The van der Waals surface area contributed by atoms with Gasteiger partial charge < -0.3 is 10.2 Å². The van der Waals surface area contributed by atoms with Gasteiger partial charge in [0.15, 0.2) is 0 Å². The molecule has 0 aliphatic carbocycles. The van der Waals surface area contributed by atoms with Crippen LogP contribution in [0.1, 0.15) is 13.8 Å². The lowest BCUT2D eigenvalue weighted by Crippen LogP contribution is -1.92. The summed E-state index contributed by atoms with van der Waals surface area (Å²) in [6.45, 7) is 9.20. The highest BCUT2D eigenvalue weighted by atomic mass is 32.2. The molecule has 0 amide bonds. The van der Waals surface area contributed by atoms with E-state index in [-0.39, 0.29) is 11.1 Å². The van der Waals surface area contributed by atoms with Crippen LogP contribution >= 0.6 is 62.3 Å². The minimum atomic E-state index is -0.935. The van der Waals surface area contributed by atoms with Gasteiger partial charge in [-0.1, -0.05) is 37.1 Å². The highest BCUT2D eigenvalue weighted by Crippen LogP contribution is 2.39. The monoisotopic (exact) mass is 486 g/mol. The highest BCUT2D eigenvalue weighted by Gasteiger charge is 2.08. The largest absolute Gasteiger partial charge is 0.478 e. The Morgan fingerprint density at radius 1 is 0.759 bits per heavy atom. The molecule has 4 nitrogen and oxygen atoms in total. The molecule has 2 aromatic rings. The predicted octanol–water partition coefficient (Wildman–Crippen LogP) is 6.29. The summed E-state index contributed by atoms with van der Waals surface area (Å²) < 4.78 is 0. The predicted molar refractivity (Wildman–Crippen MR) is 131 cm³/mol. The standard InChI is InChI=1S/C12H10S5.2C4H6O2/c13-7-3-1-5-9(11(7)15)17-10-6-2-4-8(14)12(10)16;2*1-3(2)4(5)6/h1-6,13-16H;2*1H2,2H3,(H,5,6). The zero-order valence-electron chi connectivity index (χ0n) is 15.8. The van der Waals surface area contributed by atoms with E-state index in [1.165, 1.54) is 13.8 Å². The van der Waals surface area contributed by atoms with Gasteiger partial charge >= 0.3 is 11.9 Å². The average Bonchev–Trinajstić information content (AvgIpc) is 2.63. The first-order valence-electron chi connectivity index (χ1n) is 7.85. The third-order valence-corrected chi connectivity index (χ3v) is 6.39. The van der Waals surface area contributed by atoms with Gasteiger partial charge in [-0.2, -0.15) is 0 Å². The van der Waals surface area contributed by atoms with Crippen molar-refractivity contribution in [2.24, 2.45) is 0 Å². The maximum atomic E-state index is 9.60. The first-order chi connectivity index (χ1) is 13.4. The zero-order valence-corrected chi connectivity index (χ0v) is 20.2. The van der Waals surface area contributed by atoms with Crippen LogP contribution in [0.25, 0.3) is 0 Å². The van der Waals surface area contributed by atoms with Crippen LogP contribution in [0, 0.1) is 0 Å². The van der Waals surface area contributed by atoms with Crippen LogP contribution in [-0.2, 0) is 9.59 Å². The molecule has 0 spiro atoms. The Hall–Kier alpha value is -1.39. The molecule has 0 heterocycles. The summed E-state index contributed by atoms with van der Waals surface area (Å²) >= 11 is 19.3. The summed E-state index contributed by atoms with van der Waals surface area (Å²) in [4.78, 5) is 24.9. The molecule has 0 atom stereocenters. The third kappa shape index (κ3) is 10.8. The number of hydrogen-bond donors (Lipinski definition) is 6. The summed E-state index contributed by atoms with van der Waals surface area (Å²) in [5.74, 6) is -1.87. The minimum absolute atomic E-state index is 0.176. The van der Waals surface area contributed by atoms with Gasteiger partial charge in [-0.25, -0.2) is 9.59 Å². The van der Waals surface area contributed by atoms with Gasteiger partial charge in [-0.3, -0.25) is 0 Å². The minimum Gasteiger partial charge on any atom is -0.478 e. The Bertz CT molecular complexity index is 812. The fraction of sp³-hybridized carbons (Fsp3) is 0.100. The normalized spacial score (nSPS) is 9.31. The Labute approximate surface area is 197 Å². The molecule has 2 aromatic carbocycles. The van der Waals surface area contributed by atoms with E-state index < -0.39 is 11.9 Å². The lowest BCUT2D eigenvalue weighted by atomic mass is 10.3. The fourth-order valence-electron chi connectivity index (χ4n) is 1.30. The maximum absolute atomic E-state index is 9.60. The number of hydrogen-bond acceptors (Lipinski definition) is 7. The maximum Gasteiger partial charge on any atom is 0.330 e. The van der Waals surface area contributed by atoms with Crippen molar-refractivity contribution in [1.82, 2.24) is 0 Å². The van der Waals surface area contributed by atoms with Crippen LogP contribution in [0.2, 0.25) is 0 Å². The van der Waals surface area contributed by atoms with Gasteiger partial charge in [-0.05, 0) is 38.1 Å². The van der Waals surface area contributed by atoms with E-state index in [1.54, 1.807) is 11.8 Å². The molecule has 0 saturated carbocycles. The van der Waals surface area contributed by atoms with Crippen LogP contribution in [0.4, 0.5) is 0 Å². The molecule has 0 unspecified atom stereocenters. The van der Waals surface area contributed by atoms with Crippen molar-refractivity contribution in [2.75, 3.05) is 0 Å². The molecule has 0 radical (unpaired) electrons. The smallest absolute Gasteiger partial charge is 0.330 e. The molecule has 29 heavy (non-hydrogen) atoms. The summed E-state index contributed by atoms with van der Waals surface area (Å²) in [5.41, 5.74) is 0.352. The first kappa shape index (κ1) is 27.6. The molecular formula is C20H22O4S5. The molecular weight excluding hydrogens is 465 g/mol. The van der Waals surface area contributed by atoms with Crippen LogP contribution in [0.5, 0.6) is 0 Å². The van der Waals surface area contributed by atoms with Crippen LogP contribution < -0.4 is 0 Å². The Morgan fingerprint density at radius 3 is 1.28 bits per heavy atom. The van der Waals surface area contributed by atoms with Gasteiger partial charge in [0.1, 0.15) is 0 Å². The molecule has 0 saturated heterocycles.